The zero-order valence-corrected chi connectivity index (χ0v) is 13.1. The van der Waals surface area contributed by atoms with E-state index in [1.165, 1.54) is 0 Å². The number of piperidine rings is 1. The number of aliphatic carboxylic acids is 1. The van der Waals surface area contributed by atoms with Crippen LogP contribution in [0.15, 0.2) is 18.3 Å². The van der Waals surface area contributed by atoms with Crippen molar-refractivity contribution in [2.24, 2.45) is 5.92 Å². The fraction of sp³-hybridized carbons (Fsp3) is 0.533. The number of carboxylic acid groups (broad SMARTS) is 1. The van der Waals surface area contributed by atoms with Crippen LogP contribution in [0.5, 0.6) is 0 Å². The number of hydrogen-bond acceptors (Lipinski definition) is 4. The standard InChI is InChI=1S/C15H18ClN3O3/c1-18-12(20)9-10(14(21)22)15(18)4-7-19(8-5-15)13-11(16)3-2-6-17-13/h2-3,6,10H,4-5,7-9H2,1H3,(H,21,22)/t10-/m0/s1. The zero-order valence-electron chi connectivity index (χ0n) is 12.3. The fourth-order valence-corrected chi connectivity index (χ4v) is 3.94. The van der Waals surface area contributed by atoms with Crippen LogP contribution in [0.25, 0.3) is 0 Å². The summed E-state index contributed by atoms with van der Waals surface area (Å²) in [5, 5.41) is 10.1. The van der Waals surface area contributed by atoms with E-state index in [0.29, 0.717) is 31.0 Å². The van der Waals surface area contributed by atoms with Gasteiger partial charge in [0.15, 0.2) is 0 Å². The number of hydrogen-bond donors (Lipinski definition) is 1. The molecule has 0 unspecified atom stereocenters. The molecule has 22 heavy (non-hydrogen) atoms. The second-order valence-corrected chi connectivity index (χ2v) is 6.35. The topological polar surface area (TPSA) is 73.7 Å². The lowest BCUT2D eigenvalue weighted by Crippen LogP contribution is -2.56. The second kappa shape index (κ2) is 5.43. The Morgan fingerprint density at radius 3 is 2.73 bits per heavy atom. The SMILES string of the molecule is CN1C(=O)C[C@@H](C(=O)O)C12CCN(c1ncccc1Cl)CC2. The molecule has 6 nitrogen and oxygen atoms in total. The quantitative estimate of drug-likeness (QED) is 0.895. The van der Waals surface area contributed by atoms with Gasteiger partial charge in [-0.1, -0.05) is 11.6 Å². The van der Waals surface area contributed by atoms with Crippen molar-refractivity contribution in [3.63, 3.8) is 0 Å². The van der Waals surface area contributed by atoms with Gasteiger partial charge in [0.1, 0.15) is 5.82 Å². The van der Waals surface area contributed by atoms with E-state index in [0.717, 1.165) is 5.82 Å². The van der Waals surface area contributed by atoms with E-state index in [1.54, 1.807) is 30.3 Å². The van der Waals surface area contributed by atoms with Crippen LogP contribution in [0.3, 0.4) is 0 Å². The van der Waals surface area contributed by atoms with Crippen molar-refractivity contribution >= 4 is 29.3 Å². The van der Waals surface area contributed by atoms with Gasteiger partial charge in [-0.25, -0.2) is 4.98 Å². The maximum Gasteiger partial charge on any atom is 0.309 e. The molecular formula is C15H18ClN3O3. The molecule has 2 aliphatic rings. The molecule has 3 heterocycles. The Bertz CT molecular complexity index is 614. The number of aromatic nitrogens is 1. The Balaban J connectivity index is 1.82. The number of pyridine rings is 1. The average Bonchev–Trinajstić information content (AvgIpc) is 2.74. The number of rotatable bonds is 2. The van der Waals surface area contributed by atoms with E-state index < -0.39 is 17.4 Å². The van der Waals surface area contributed by atoms with Gasteiger partial charge in [0.25, 0.3) is 0 Å². The van der Waals surface area contributed by atoms with Crippen molar-refractivity contribution in [2.75, 3.05) is 25.0 Å². The van der Waals surface area contributed by atoms with Crippen LogP contribution >= 0.6 is 11.6 Å². The van der Waals surface area contributed by atoms with Crippen LogP contribution in [0.4, 0.5) is 5.82 Å². The van der Waals surface area contributed by atoms with Crippen LogP contribution < -0.4 is 4.90 Å². The van der Waals surface area contributed by atoms with Crippen molar-refractivity contribution in [1.29, 1.82) is 0 Å². The van der Waals surface area contributed by atoms with Gasteiger partial charge in [0.2, 0.25) is 5.91 Å². The monoisotopic (exact) mass is 323 g/mol. The van der Waals surface area contributed by atoms with E-state index in [1.807, 2.05) is 0 Å². The molecule has 2 fully saturated rings. The lowest BCUT2D eigenvalue weighted by molar-refractivity contribution is -0.145. The minimum absolute atomic E-state index is 0.0864. The number of halogens is 1. The third-order valence-electron chi connectivity index (χ3n) is 5.04. The maximum absolute atomic E-state index is 12.0. The van der Waals surface area contributed by atoms with E-state index in [4.69, 9.17) is 11.6 Å². The molecule has 0 radical (unpaired) electrons. The molecule has 1 aromatic rings. The first kappa shape index (κ1) is 15.1. The highest BCUT2D eigenvalue weighted by Gasteiger charge is 2.55. The summed E-state index contributed by atoms with van der Waals surface area (Å²) < 4.78 is 0. The van der Waals surface area contributed by atoms with Crippen LogP contribution in [0.2, 0.25) is 5.02 Å². The first-order valence-electron chi connectivity index (χ1n) is 7.30. The molecule has 2 saturated heterocycles. The van der Waals surface area contributed by atoms with Crippen LogP contribution in [-0.4, -0.2) is 52.5 Å². The van der Waals surface area contributed by atoms with E-state index >= 15 is 0 Å². The summed E-state index contributed by atoms with van der Waals surface area (Å²) in [5.74, 6) is -0.886. The molecule has 3 rings (SSSR count). The molecule has 1 spiro atoms. The van der Waals surface area contributed by atoms with Gasteiger partial charge in [0.05, 0.1) is 16.5 Å². The van der Waals surface area contributed by atoms with Crippen LogP contribution in [0.1, 0.15) is 19.3 Å². The smallest absolute Gasteiger partial charge is 0.309 e. The van der Waals surface area contributed by atoms with Crippen molar-refractivity contribution in [2.45, 2.75) is 24.8 Å². The molecule has 2 aliphatic heterocycles. The summed E-state index contributed by atoms with van der Waals surface area (Å²) in [7, 11) is 1.72. The molecule has 1 atom stereocenters. The highest BCUT2D eigenvalue weighted by atomic mass is 35.5. The normalized spacial score (nSPS) is 24.1. The van der Waals surface area contributed by atoms with Gasteiger partial charge < -0.3 is 14.9 Å². The number of nitrogens with zero attached hydrogens (tertiary/aromatic N) is 3. The molecule has 1 aromatic heterocycles. The molecule has 0 bridgehead atoms. The molecule has 0 saturated carbocycles. The van der Waals surface area contributed by atoms with Crippen LogP contribution in [-0.2, 0) is 9.59 Å². The van der Waals surface area contributed by atoms with Gasteiger partial charge in [0, 0.05) is 32.8 Å². The number of anilines is 1. The third kappa shape index (κ3) is 2.22. The summed E-state index contributed by atoms with van der Waals surface area (Å²) in [5.41, 5.74) is -0.583. The number of carboxylic acids is 1. The third-order valence-corrected chi connectivity index (χ3v) is 5.33. The predicted octanol–water partition coefficient (Wildman–Crippen LogP) is 1.64. The second-order valence-electron chi connectivity index (χ2n) is 5.95. The van der Waals surface area contributed by atoms with Gasteiger partial charge in [-0.05, 0) is 25.0 Å². The first-order chi connectivity index (χ1) is 10.5. The number of likely N-dealkylation sites (tertiary alicyclic amines) is 1. The first-order valence-corrected chi connectivity index (χ1v) is 7.68. The van der Waals surface area contributed by atoms with Crippen molar-refractivity contribution in [3.8, 4) is 0 Å². The summed E-state index contributed by atoms with van der Waals surface area (Å²) >= 11 is 6.18. The maximum atomic E-state index is 12.0. The number of amides is 1. The minimum Gasteiger partial charge on any atom is -0.481 e. The lowest BCUT2D eigenvalue weighted by Gasteiger charge is -2.45. The van der Waals surface area contributed by atoms with Gasteiger partial charge in [-0.15, -0.1) is 0 Å². The Labute approximate surface area is 133 Å². The summed E-state index contributed by atoms with van der Waals surface area (Å²) in [6.45, 7) is 1.27. The summed E-state index contributed by atoms with van der Waals surface area (Å²) in [4.78, 5) is 31.5. The average molecular weight is 324 g/mol. The van der Waals surface area contributed by atoms with Crippen molar-refractivity contribution in [1.82, 2.24) is 9.88 Å². The van der Waals surface area contributed by atoms with E-state index in [9.17, 15) is 14.7 Å². The van der Waals surface area contributed by atoms with Crippen molar-refractivity contribution < 1.29 is 14.7 Å². The predicted molar refractivity (Wildman–Crippen MR) is 81.9 cm³/mol. The van der Waals surface area contributed by atoms with Gasteiger partial charge in [-0.3, -0.25) is 9.59 Å². The van der Waals surface area contributed by atoms with Gasteiger partial charge in [-0.2, -0.15) is 0 Å². The lowest BCUT2D eigenvalue weighted by atomic mass is 9.77. The molecule has 0 aromatic carbocycles. The van der Waals surface area contributed by atoms with E-state index in [2.05, 4.69) is 9.88 Å². The Morgan fingerprint density at radius 1 is 1.45 bits per heavy atom. The molecule has 1 N–H and O–H groups in total. The molecular weight excluding hydrogens is 306 g/mol. The largest absolute Gasteiger partial charge is 0.481 e. The number of carbonyl (C=O) groups excluding carboxylic acids is 1. The Morgan fingerprint density at radius 2 is 2.14 bits per heavy atom. The number of carbonyl (C=O) groups is 2. The molecule has 1 amide bonds. The highest BCUT2D eigenvalue weighted by Crippen LogP contribution is 2.43. The molecule has 7 heteroatoms. The Hall–Kier alpha value is -1.82. The molecule has 118 valence electrons. The van der Waals surface area contributed by atoms with Crippen molar-refractivity contribution in [3.05, 3.63) is 23.4 Å². The minimum atomic E-state index is -0.887. The summed E-state index contributed by atoms with van der Waals surface area (Å²) in [6, 6.07) is 3.57. The van der Waals surface area contributed by atoms with Crippen LogP contribution in [0, 0.1) is 5.92 Å². The highest BCUT2D eigenvalue weighted by molar-refractivity contribution is 6.32. The fourth-order valence-electron chi connectivity index (χ4n) is 3.70. The Kier molecular flexibility index (Phi) is 3.72. The zero-order chi connectivity index (χ0) is 15.9. The molecule has 0 aliphatic carbocycles. The van der Waals surface area contributed by atoms with E-state index in [-0.39, 0.29) is 12.3 Å². The summed E-state index contributed by atoms with van der Waals surface area (Å²) in [6.07, 6.45) is 3.01. The van der Waals surface area contributed by atoms with Gasteiger partial charge >= 0.3 is 5.97 Å².